The number of esters is 2. The van der Waals surface area contributed by atoms with Crippen molar-refractivity contribution in [2.24, 2.45) is 11.8 Å². The van der Waals surface area contributed by atoms with Crippen LogP contribution in [0.25, 0.3) is 0 Å². The van der Waals surface area contributed by atoms with Gasteiger partial charge in [-0.2, -0.15) is 4.31 Å². The lowest BCUT2D eigenvalue weighted by molar-refractivity contribution is -0.149. The third-order valence-corrected chi connectivity index (χ3v) is 14.1. The van der Waals surface area contributed by atoms with Crippen molar-refractivity contribution >= 4 is 40.3 Å². The van der Waals surface area contributed by atoms with E-state index >= 15 is 0 Å². The fraction of sp³-hybridized carbons (Fsp3) is 0.800. The predicted molar refractivity (Wildman–Crippen MR) is 130 cm³/mol. The molecular formula is C20H38N2O9S2Si. The second kappa shape index (κ2) is 11.6. The molecule has 0 amide bonds. The fourth-order valence-electron chi connectivity index (χ4n) is 2.80. The van der Waals surface area contributed by atoms with Gasteiger partial charge in [-0.05, 0) is 18.1 Å². The quantitative estimate of drug-likeness (QED) is 0.309. The van der Waals surface area contributed by atoms with E-state index in [1.165, 1.54) is 22.8 Å². The molecule has 0 unspecified atom stereocenters. The molecule has 0 bridgehead atoms. The van der Waals surface area contributed by atoms with Crippen LogP contribution in [0.2, 0.25) is 18.1 Å². The minimum absolute atomic E-state index is 0.0343. The van der Waals surface area contributed by atoms with Crippen molar-refractivity contribution in [3.05, 3.63) is 12.0 Å². The molecule has 0 N–H and O–H groups in total. The molecule has 2 fully saturated rings. The van der Waals surface area contributed by atoms with Gasteiger partial charge in [0, 0.05) is 38.2 Å². The normalized spacial score (nSPS) is 18.7. The third-order valence-electron chi connectivity index (χ3n) is 6.34. The van der Waals surface area contributed by atoms with Crippen LogP contribution < -0.4 is 0 Å². The number of carbonyl (C=O) groups excluding carboxylic acids is 2. The van der Waals surface area contributed by atoms with E-state index in [1.54, 1.807) is 0 Å². The van der Waals surface area contributed by atoms with Gasteiger partial charge in [0.15, 0.2) is 8.32 Å². The average molecular weight is 543 g/mol. The molecule has 2 aliphatic heterocycles. The van der Waals surface area contributed by atoms with E-state index in [2.05, 4.69) is 49.9 Å². The fourth-order valence-corrected chi connectivity index (χ4v) is 6.34. The molecule has 0 aromatic carbocycles. The maximum absolute atomic E-state index is 12.1. The summed E-state index contributed by atoms with van der Waals surface area (Å²) in [6, 6.07) is 0. The summed E-state index contributed by atoms with van der Waals surface area (Å²) in [6.45, 7) is 14.7. The molecule has 0 aromatic heterocycles. The van der Waals surface area contributed by atoms with Crippen molar-refractivity contribution in [3.63, 3.8) is 0 Å². The lowest BCUT2D eigenvalue weighted by Gasteiger charge is -2.38. The highest BCUT2D eigenvalue weighted by atomic mass is 32.2. The van der Waals surface area contributed by atoms with Gasteiger partial charge in [-0.1, -0.05) is 27.4 Å². The van der Waals surface area contributed by atoms with Crippen LogP contribution in [-0.4, -0.2) is 98.5 Å². The Morgan fingerprint density at radius 3 is 1.71 bits per heavy atom. The van der Waals surface area contributed by atoms with Crippen LogP contribution in [0.15, 0.2) is 12.0 Å². The number of sulfonamides is 2. The van der Waals surface area contributed by atoms with Gasteiger partial charge in [-0.15, -0.1) is 0 Å². The summed E-state index contributed by atoms with van der Waals surface area (Å²) in [6.07, 6.45) is 0. The van der Waals surface area contributed by atoms with E-state index < -0.39 is 28.4 Å². The number of rotatable bonds is 9. The number of ether oxygens (including phenoxy) is 2. The monoisotopic (exact) mass is 542 g/mol. The van der Waals surface area contributed by atoms with Crippen molar-refractivity contribution in [3.8, 4) is 0 Å². The van der Waals surface area contributed by atoms with Crippen LogP contribution >= 0.6 is 0 Å². The maximum atomic E-state index is 12.1. The standard InChI is InChI=1S/C13H27NO5SSi.C7H11NO4S/c1-13(2,3)21(5,6)19-7-8-20(16,17)14-9-11(10-14)12(15)18-4;1-3-13(10,11)8-4-6(5-8)7(9)12-2/h11H,7-10H2,1-6H3;3,6H,1,4-5H2,2H3. The number of hydrogen-bond donors (Lipinski definition) is 0. The number of carbonyl (C=O) groups is 2. The van der Waals surface area contributed by atoms with Gasteiger partial charge in [0.2, 0.25) is 20.0 Å². The highest BCUT2D eigenvalue weighted by molar-refractivity contribution is 7.92. The first-order valence-corrected chi connectivity index (χ1v) is 16.8. The first-order chi connectivity index (χ1) is 15.4. The van der Waals surface area contributed by atoms with E-state index in [9.17, 15) is 26.4 Å². The molecule has 2 aliphatic rings. The molecule has 0 saturated carbocycles. The molecule has 0 radical (unpaired) electrons. The van der Waals surface area contributed by atoms with Crippen LogP contribution in [0, 0.1) is 11.8 Å². The van der Waals surface area contributed by atoms with Crippen LogP contribution in [0.5, 0.6) is 0 Å². The zero-order chi connectivity index (χ0) is 26.5. The largest absolute Gasteiger partial charge is 0.469 e. The summed E-state index contributed by atoms with van der Waals surface area (Å²) in [4.78, 5) is 22.1. The lowest BCUT2D eigenvalue weighted by Crippen LogP contribution is -2.54. The first kappa shape index (κ1) is 30.7. The van der Waals surface area contributed by atoms with Crippen LogP contribution in [0.3, 0.4) is 0 Å². The van der Waals surface area contributed by atoms with Crippen LogP contribution in [0.4, 0.5) is 0 Å². The Kier molecular flexibility index (Phi) is 10.5. The predicted octanol–water partition coefficient (Wildman–Crippen LogP) is 1.01. The molecule has 0 aliphatic carbocycles. The summed E-state index contributed by atoms with van der Waals surface area (Å²) in [5, 5.41) is 0.935. The Labute approximate surface area is 204 Å². The Bertz CT molecular complexity index is 947. The molecule has 2 heterocycles. The molecule has 2 rings (SSSR count). The maximum Gasteiger partial charge on any atom is 0.311 e. The Hall–Kier alpha value is -1.32. The Balaban J connectivity index is 0.000000380. The van der Waals surface area contributed by atoms with Crippen molar-refractivity contribution < 1.29 is 40.3 Å². The summed E-state index contributed by atoms with van der Waals surface area (Å²) in [5.41, 5.74) is 0. The minimum Gasteiger partial charge on any atom is -0.469 e. The highest BCUT2D eigenvalue weighted by Crippen LogP contribution is 2.36. The van der Waals surface area contributed by atoms with Gasteiger partial charge in [-0.3, -0.25) is 9.59 Å². The van der Waals surface area contributed by atoms with Crippen molar-refractivity contribution in [1.82, 2.24) is 8.61 Å². The smallest absolute Gasteiger partial charge is 0.311 e. The van der Waals surface area contributed by atoms with Crippen molar-refractivity contribution in [1.29, 1.82) is 0 Å². The van der Waals surface area contributed by atoms with Crippen molar-refractivity contribution in [2.45, 2.75) is 38.9 Å². The molecule has 0 atom stereocenters. The van der Waals surface area contributed by atoms with E-state index in [1.807, 2.05) is 0 Å². The SMILES string of the molecule is C=CS(=O)(=O)N1CC(C(=O)OC)C1.COC(=O)C1CN(S(=O)(=O)CCO[Si](C)(C)C(C)(C)C)C1. The van der Waals surface area contributed by atoms with E-state index in [-0.39, 0.29) is 67.4 Å². The molecule has 14 heteroatoms. The van der Waals surface area contributed by atoms with Gasteiger partial charge in [0.1, 0.15) is 0 Å². The summed E-state index contributed by atoms with van der Waals surface area (Å²) in [7, 11) is -6.02. The number of hydrogen-bond acceptors (Lipinski definition) is 9. The van der Waals surface area contributed by atoms with Gasteiger partial charge < -0.3 is 13.9 Å². The topological polar surface area (TPSA) is 137 Å². The zero-order valence-electron chi connectivity index (χ0n) is 21.1. The third kappa shape index (κ3) is 7.85. The average Bonchev–Trinajstić information content (AvgIpc) is 2.64. The molecule has 0 aromatic rings. The number of methoxy groups -OCH3 is 2. The number of nitrogens with zero attached hydrogens (tertiary/aromatic N) is 2. The van der Waals surface area contributed by atoms with Gasteiger partial charge in [-0.25, -0.2) is 21.1 Å². The molecule has 198 valence electrons. The molecular weight excluding hydrogens is 504 g/mol. The minimum atomic E-state index is -3.35. The van der Waals surface area contributed by atoms with E-state index in [0.29, 0.717) is 0 Å². The van der Waals surface area contributed by atoms with E-state index in [4.69, 9.17) is 4.43 Å². The lowest BCUT2D eigenvalue weighted by atomic mass is 10.0. The van der Waals surface area contributed by atoms with Crippen molar-refractivity contribution in [2.75, 3.05) is 52.8 Å². The van der Waals surface area contributed by atoms with Gasteiger partial charge >= 0.3 is 11.9 Å². The molecule has 34 heavy (non-hydrogen) atoms. The summed E-state index contributed by atoms with van der Waals surface area (Å²) < 4.78 is 63.9. The van der Waals surface area contributed by atoms with Gasteiger partial charge in [0.25, 0.3) is 0 Å². The molecule has 11 nitrogen and oxygen atoms in total. The summed E-state index contributed by atoms with van der Waals surface area (Å²) >= 11 is 0. The Morgan fingerprint density at radius 1 is 0.941 bits per heavy atom. The Morgan fingerprint density at radius 2 is 1.35 bits per heavy atom. The van der Waals surface area contributed by atoms with Crippen LogP contribution in [0.1, 0.15) is 20.8 Å². The van der Waals surface area contributed by atoms with Crippen LogP contribution in [-0.2, 0) is 43.5 Å². The first-order valence-electron chi connectivity index (χ1n) is 10.8. The summed E-state index contributed by atoms with van der Waals surface area (Å²) in [5.74, 6) is -1.40. The van der Waals surface area contributed by atoms with Gasteiger partial charge in [0.05, 0.1) is 31.8 Å². The second-order valence-electron chi connectivity index (χ2n) is 9.71. The second-order valence-corrected chi connectivity index (χ2v) is 18.5. The molecule has 0 spiro atoms. The highest BCUT2D eigenvalue weighted by Gasteiger charge is 2.42. The van der Waals surface area contributed by atoms with E-state index in [0.717, 1.165) is 5.41 Å². The zero-order valence-corrected chi connectivity index (χ0v) is 23.7. The molecule has 2 saturated heterocycles.